The first-order valence-electron chi connectivity index (χ1n) is 6.78. The van der Waals surface area contributed by atoms with Crippen molar-refractivity contribution < 1.29 is 8.78 Å². The van der Waals surface area contributed by atoms with Gasteiger partial charge in [0.25, 0.3) is 6.43 Å². The first-order valence-corrected chi connectivity index (χ1v) is 7.57. The molecule has 1 N–H and O–H groups in total. The van der Waals surface area contributed by atoms with E-state index in [9.17, 15) is 8.78 Å². The maximum absolute atomic E-state index is 13.3. The van der Waals surface area contributed by atoms with Crippen molar-refractivity contribution in [2.45, 2.75) is 39.4 Å². The van der Waals surface area contributed by atoms with Crippen LogP contribution in [0.1, 0.15) is 37.1 Å². The highest BCUT2D eigenvalue weighted by molar-refractivity contribution is 9.10. The molecule has 0 aliphatic carbocycles. The van der Waals surface area contributed by atoms with E-state index in [2.05, 4.69) is 26.3 Å². The third-order valence-electron chi connectivity index (χ3n) is 3.11. The van der Waals surface area contributed by atoms with Crippen molar-refractivity contribution in [1.29, 1.82) is 0 Å². The summed E-state index contributed by atoms with van der Waals surface area (Å²) < 4.78 is 29.0. The van der Waals surface area contributed by atoms with Crippen LogP contribution in [0.5, 0.6) is 0 Å². The molecule has 0 aliphatic rings. The molecule has 3 nitrogen and oxygen atoms in total. The van der Waals surface area contributed by atoms with Gasteiger partial charge < -0.3 is 5.32 Å². The molecule has 0 saturated carbocycles. The first kappa shape index (κ1) is 16.1. The Kier molecular flexibility index (Phi) is 5.47. The quantitative estimate of drug-likeness (QED) is 0.842. The SMILES string of the molecule is CC(C)NCc1cnn(Cc2ccc(Br)cc2)c1C(F)F. The van der Waals surface area contributed by atoms with Crippen molar-refractivity contribution in [1.82, 2.24) is 15.1 Å². The van der Waals surface area contributed by atoms with Gasteiger partial charge in [-0.1, -0.05) is 41.9 Å². The molecular weight excluding hydrogens is 340 g/mol. The van der Waals surface area contributed by atoms with Crippen molar-refractivity contribution in [2.24, 2.45) is 0 Å². The summed E-state index contributed by atoms with van der Waals surface area (Å²) in [5.74, 6) is 0. The third-order valence-corrected chi connectivity index (χ3v) is 3.64. The van der Waals surface area contributed by atoms with Crippen LogP contribution in [-0.2, 0) is 13.1 Å². The lowest BCUT2D eigenvalue weighted by Crippen LogP contribution is -2.22. The van der Waals surface area contributed by atoms with E-state index in [1.165, 1.54) is 10.9 Å². The lowest BCUT2D eigenvalue weighted by atomic mass is 10.2. The van der Waals surface area contributed by atoms with Crippen LogP contribution >= 0.6 is 15.9 Å². The standard InChI is InChI=1S/C15H18BrF2N3/c1-10(2)19-7-12-8-20-21(14(12)15(17)18)9-11-3-5-13(16)6-4-11/h3-6,8,10,15,19H,7,9H2,1-2H3. The highest BCUT2D eigenvalue weighted by atomic mass is 79.9. The fourth-order valence-corrected chi connectivity index (χ4v) is 2.29. The summed E-state index contributed by atoms with van der Waals surface area (Å²) in [7, 11) is 0. The van der Waals surface area contributed by atoms with Crippen LogP contribution in [0, 0.1) is 0 Å². The van der Waals surface area contributed by atoms with E-state index in [0.717, 1.165) is 10.0 Å². The van der Waals surface area contributed by atoms with Crippen molar-refractivity contribution in [3.8, 4) is 0 Å². The van der Waals surface area contributed by atoms with Crippen LogP contribution in [-0.4, -0.2) is 15.8 Å². The molecule has 0 aliphatic heterocycles. The Bertz CT molecular complexity index is 579. The van der Waals surface area contributed by atoms with E-state index in [4.69, 9.17) is 0 Å². The number of aromatic nitrogens is 2. The van der Waals surface area contributed by atoms with Gasteiger partial charge in [-0.15, -0.1) is 0 Å². The summed E-state index contributed by atoms with van der Waals surface area (Å²) in [4.78, 5) is 0. The average molecular weight is 358 g/mol. The number of nitrogens with zero attached hydrogens (tertiary/aromatic N) is 2. The smallest absolute Gasteiger partial charge is 0.280 e. The summed E-state index contributed by atoms with van der Waals surface area (Å²) in [5, 5.41) is 7.27. The predicted octanol–water partition coefficient (Wildman–Crippen LogP) is 4.13. The van der Waals surface area contributed by atoms with Gasteiger partial charge in [0, 0.05) is 22.6 Å². The van der Waals surface area contributed by atoms with Gasteiger partial charge in [0.2, 0.25) is 0 Å². The van der Waals surface area contributed by atoms with Crippen molar-refractivity contribution in [3.05, 3.63) is 51.8 Å². The number of halogens is 3. The Morgan fingerprint density at radius 1 is 1.24 bits per heavy atom. The number of alkyl halides is 2. The van der Waals surface area contributed by atoms with Crippen molar-refractivity contribution >= 4 is 15.9 Å². The molecule has 21 heavy (non-hydrogen) atoms. The van der Waals surface area contributed by atoms with E-state index >= 15 is 0 Å². The normalized spacial score (nSPS) is 11.6. The van der Waals surface area contributed by atoms with Gasteiger partial charge in [-0.3, -0.25) is 4.68 Å². The predicted molar refractivity (Wildman–Crippen MR) is 82.4 cm³/mol. The Balaban J connectivity index is 2.20. The summed E-state index contributed by atoms with van der Waals surface area (Å²) in [5.41, 5.74) is 1.48. The van der Waals surface area contributed by atoms with Crippen LogP contribution in [0.25, 0.3) is 0 Å². The highest BCUT2D eigenvalue weighted by Gasteiger charge is 2.20. The fraction of sp³-hybridized carbons (Fsp3) is 0.400. The Hall–Kier alpha value is -1.27. The van der Waals surface area contributed by atoms with Gasteiger partial charge in [0.05, 0.1) is 12.7 Å². The van der Waals surface area contributed by atoms with E-state index in [1.807, 2.05) is 38.1 Å². The van der Waals surface area contributed by atoms with Crippen LogP contribution in [0.4, 0.5) is 8.78 Å². The Morgan fingerprint density at radius 2 is 1.90 bits per heavy atom. The van der Waals surface area contributed by atoms with Crippen LogP contribution < -0.4 is 5.32 Å². The average Bonchev–Trinajstić information content (AvgIpc) is 2.82. The second-order valence-electron chi connectivity index (χ2n) is 5.18. The summed E-state index contributed by atoms with van der Waals surface area (Å²) >= 11 is 3.36. The molecule has 0 unspecified atom stereocenters. The molecule has 0 fully saturated rings. The van der Waals surface area contributed by atoms with E-state index < -0.39 is 6.43 Å². The molecule has 0 amide bonds. The summed E-state index contributed by atoms with van der Waals surface area (Å²) in [6, 6.07) is 7.81. The lowest BCUT2D eigenvalue weighted by molar-refractivity contribution is 0.138. The number of benzene rings is 1. The second kappa shape index (κ2) is 7.13. The zero-order valence-electron chi connectivity index (χ0n) is 12.0. The van der Waals surface area contributed by atoms with Gasteiger partial charge in [-0.05, 0) is 17.7 Å². The minimum atomic E-state index is -2.54. The minimum Gasteiger partial charge on any atom is -0.310 e. The molecule has 2 aromatic rings. The monoisotopic (exact) mass is 357 g/mol. The molecule has 0 saturated heterocycles. The maximum atomic E-state index is 13.3. The highest BCUT2D eigenvalue weighted by Crippen LogP contribution is 2.24. The first-order chi connectivity index (χ1) is 9.97. The van der Waals surface area contributed by atoms with Gasteiger partial charge in [0.1, 0.15) is 5.69 Å². The molecule has 1 aromatic heterocycles. The van der Waals surface area contributed by atoms with Gasteiger partial charge in [0.15, 0.2) is 0 Å². The maximum Gasteiger partial charge on any atom is 0.280 e. The lowest BCUT2D eigenvalue weighted by Gasteiger charge is -2.11. The van der Waals surface area contributed by atoms with E-state index in [0.29, 0.717) is 18.7 Å². The second-order valence-corrected chi connectivity index (χ2v) is 6.09. The fourth-order valence-electron chi connectivity index (χ4n) is 2.03. The molecule has 1 heterocycles. The van der Waals surface area contributed by atoms with Crippen LogP contribution in [0.2, 0.25) is 0 Å². The summed E-state index contributed by atoms with van der Waals surface area (Å²) in [6.07, 6.45) is -1.01. The molecule has 1 aromatic carbocycles. The largest absolute Gasteiger partial charge is 0.310 e. The van der Waals surface area contributed by atoms with Gasteiger partial charge >= 0.3 is 0 Å². The van der Waals surface area contributed by atoms with Crippen molar-refractivity contribution in [2.75, 3.05) is 0 Å². The number of hydrogen-bond donors (Lipinski definition) is 1. The van der Waals surface area contributed by atoms with Crippen LogP contribution in [0.15, 0.2) is 34.9 Å². The molecule has 114 valence electrons. The topological polar surface area (TPSA) is 29.9 Å². The molecule has 0 spiro atoms. The van der Waals surface area contributed by atoms with Crippen molar-refractivity contribution in [3.63, 3.8) is 0 Å². The molecule has 2 rings (SSSR count). The Labute approximate surface area is 131 Å². The van der Waals surface area contributed by atoms with E-state index in [1.54, 1.807) is 0 Å². The zero-order chi connectivity index (χ0) is 15.4. The number of hydrogen-bond acceptors (Lipinski definition) is 2. The molecule has 0 radical (unpaired) electrons. The van der Waals surface area contributed by atoms with Gasteiger partial charge in [-0.2, -0.15) is 5.10 Å². The minimum absolute atomic E-state index is 0.00827. The molecule has 6 heteroatoms. The Morgan fingerprint density at radius 3 is 2.48 bits per heavy atom. The molecule has 0 atom stereocenters. The van der Waals surface area contributed by atoms with Crippen LogP contribution in [0.3, 0.4) is 0 Å². The third kappa shape index (κ3) is 4.35. The number of rotatable bonds is 6. The van der Waals surface area contributed by atoms with E-state index in [-0.39, 0.29) is 11.7 Å². The van der Waals surface area contributed by atoms with Gasteiger partial charge in [-0.25, -0.2) is 8.78 Å². The summed E-state index contributed by atoms with van der Waals surface area (Å²) in [6.45, 7) is 4.70. The molecule has 0 bridgehead atoms. The number of nitrogens with one attached hydrogen (secondary N) is 1. The molecular formula is C15H18BrF2N3. The zero-order valence-corrected chi connectivity index (χ0v) is 13.6.